The third-order valence-electron chi connectivity index (χ3n) is 5.33. The number of nitrogens with zero attached hydrogens (tertiary/aromatic N) is 1. The Morgan fingerprint density at radius 3 is 2.76 bits per heavy atom. The number of carboxylic acids is 1. The lowest BCUT2D eigenvalue weighted by Crippen LogP contribution is -2.44. The lowest BCUT2D eigenvalue weighted by atomic mass is 9.99. The molecule has 0 spiro atoms. The first-order chi connectivity index (χ1) is 13.5. The molecule has 4 rings (SSSR count). The zero-order valence-corrected chi connectivity index (χ0v) is 17.3. The molecule has 2 atom stereocenters. The highest BCUT2D eigenvalue weighted by molar-refractivity contribution is 5.89. The van der Waals surface area contributed by atoms with E-state index in [0.29, 0.717) is 12.3 Å². The highest BCUT2D eigenvalue weighted by atomic mass is 35.5. The van der Waals surface area contributed by atoms with Crippen molar-refractivity contribution in [2.75, 3.05) is 25.0 Å². The van der Waals surface area contributed by atoms with E-state index in [-0.39, 0.29) is 30.1 Å². The summed E-state index contributed by atoms with van der Waals surface area (Å²) in [4.78, 5) is 13.4. The Morgan fingerprint density at radius 2 is 1.97 bits per heavy atom. The zero-order valence-electron chi connectivity index (χ0n) is 16.5. The minimum atomic E-state index is -0.945. The largest absolute Gasteiger partial charge is 0.485 e. The van der Waals surface area contributed by atoms with E-state index in [9.17, 15) is 9.90 Å². The number of aromatic carboxylic acids is 1. The van der Waals surface area contributed by atoms with Crippen molar-refractivity contribution in [3.05, 3.63) is 71.8 Å². The van der Waals surface area contributed by atoms with Crippen molar-refractivity contribution in [2.24, 2.45) is 0 Å². The summed E-state index contributed by atoms with van der Waals surface area (Å²) in [6, 6.07) is 20.0. The summed E-state index contributed by atoms with van der Waals surface area (Å²) in [7, 11) is 2.00. The lowest BCUT2D eigenvalue weighted by molar-refractivity contribution is 0.0696. The third-order valence-corrected chi connectivity index (χ3v) is 5.33. The molecule has 0 fully saturated rings. The Balaban J connectivity index is 0.00000240. The molecule has 0 saturated heterocycles. The molecule has 3 aromatic rings. The summed E-state index contributed by atoms with van der Waals surface area (Å²) in [5.74, 6) is -0.322. The Bertz CT molecular complexity index is 1020. The first-order valence-corrected chi connectivity index (χ1v) is 9.49. The first-order valence-electron chi connectivity index (χ1n) is 9.49. The van der Waals surface area contributed by atoms with Crippen LogP contribution in [0.4, 0.5) is 5.69 Å². The molecule has 1 aliphatic rings. The van der Waals surface area contributed by atoms with Crippen molar-refractivity contribution in [2.45, 2.75) is 19.1 Å². The fraction of sp³-hybridized carbons (Fsp3) is 0.261. The Labute approximate surface area is 176 Å². The van der Waals surface area contributed by atoms with Crippen LogP contribution in [0.5, 0.6) is 5.75 Å². The number of likely N-dealkylation sites (N-methyl/N-ethyl adjacent to an activating group) is 1. The number of carbonyl (C=O) groups is 1. The number of halogens is 1. The fourth-order valence-corrected chi connectivity index (χ4v) is 3.83. The van der Waals surface area contributed by atoms with Crippen LogP contribution in [0.25, 0.3) is 10.8 Å². The maximum atomic E-state index is 11.2. The van der Waals surface area contributed by atoms with Crippen molar-refractivity contribution in [3.8, 4) is 5.75 Å². The van der Waals surface area contributed by atoms with Gasteiger partial charge in [-0.3, -0.25) is 0 Å². The van der Waals surface area contributed by atoms with Gasteiger partial charge in [-0.15, -0.1) is 12.4 Å². The van der Waals surface area contributed by atoms with Gasteiger partial charge >= 0.3 is 5.97 Å². The molecular weight excluding hydrogens is 388 g/mol. The molecule has 0 saturated carbocycles. The number of ether oxygens (including phenoxy) is 1. The minimum absolute atomic E-state index is 0. The number of hydrogen-bond donors (Lipinski definition) is 2. The van der Waals surface area contributed by atoms with Crippen LogP contribution < -0.4 is 15.0 Å². The normalized spacial score (nSPS) is 16.5. The monoisotopic (exact) mass is 412 g/mol. The Morgan fingerprint density at radius 1 is 1.21 bits per heavy atom. The third kappa shape index (κ3) is 4.31. The lowest BCUT2D eigenvalue weighted by Gasteiger charge is -2.34. The molecule has 1 aliphatic heterocycles. The van der Waals surface area contributed by atoms with Gasteiger partial charge in [-0.2, -0.15) is 0 Å². The van der Waals surface area contributed by atoms with Crippen LogP contribution in [0.2, 0.25) is 0 Å². The summed E-state index contributed by atoms with van der Waals surface area (Å²) in [5, 5.41) is 15.3. The highest BCUT2D eigenvalue weighted by Gasteiger charge is 2.25. The van der Waals surface area contributed by atoms with Crippen molar-refractivity contribution >= 4 is 34.8 Å². The topological polar surface area (TPSA) is 61.8 Å². The van der Waals surface area contributed by atoms with E-state index in [2.05, 4.69) is 59.6 Å². The molecule has 1 heterocycles. The van der Waals surface area contributed by atoms with E-state index in [1.165, 1.54) is 16.3 Å². The maximum Gasteiger partial charge on any atom is 0.335 e. The molecule has 152 valence electrons. The fourth-order valence-electron chi connectivity index (χ4n) is 3.83. The molecule has 0 radical (unpaired) electrons. The van der Waals surface area contributed by atoms with Crippen LogP contribution in [0, 0.1) is 0 Å². The van der Waals surface area contributed by atoms with Crippen LogP contribution in [0.3, 0.4) is 0 Å². The van der Waals surface area contributed by atoms with Gasteiger partial charge in [0, 0.05) is 19.6 Å². The molecule has 0 aromatic heterocycles. The summed E-state index contributed by atoms with van der Waals surface area (Å²) in [6.07, 6.45) is -0.0565. The van der Waals surface area contributed by atoms with Crippen LogP contribution in [0.15, 0.2) is 60.7 Å². The number of anilines is 1. The van der Waals surface area contributed by atoms with Gasteiger partial charge in [0.1, 0.15) is 11.9 Å². The summed E-state index contributed by atoms with van der Waals surface area (Å²) >= 11 is 0. The highest BCUT2D eigenvalue weighted by Crippen LogP contribution is 2.33. The molecule has 1 unspecified atom stereocenters. The molecule has 3 aromatic carbocycles. The van der Waals surface area contributed by atoms with Crippen molar-refractivity contribution in [3.63, 3.8) is 0 Å². The quantitative estimate of drug-likeness (QED) is 0.645. The van der Waals surface area contributed by atoms with Crippen molar-refractivity contribution in [1.29, 1.82) is 0 Å². The second kappa shape index (κ2) is 8.72. The molecule has 5 nitrogen and oxygen atoms in total. The number of hydrogen-bond acceptors (Lipinski definition) is 4. The summed E-state index contributed by atoms with van der Waals surface area (Å²) in [5.41, 5.74) is 2.42. The number of fused-ring (bicyclic) bond motifs is 2. The van der Waals surface area contributed by atoms with Crippen molar-refractivity contribution in [1.82, 2.24) is 5.32 Å². The van der Waals surface area contributed by atoms with Gasteiger partial charge in [0.2, 0.25) is 0 Å². The van der Waals surface area contributed by atoms with Crippen LogP contribution in [-0.2, 0) is 0 Å². The van der Waals surface area contributed by atoms with E-state index in [4.69, 9.17) is 4.74 Å². The van der Waals surface area contributed by atoms with Crippen molar-refractivity contribution < 1.29 is 14.6 Å². The Hall–Kier alpha value is -2.76. The second-order valence-corrected chi connectivity index (χ2v) is 7.31. The van der Waals surface area contributed by atoms with E-state index in [1.54, 1.807) is 18.2 Å². The minimum Gasteiger partial charge on any atom is -0.485 e. The van der Waals surface area contributed by atoms with Gasteiger partial charge in [-0.05, 0) is 41.5 Å². The average Bonchev–Trinajstić information content (AvgIpc) is 2.71. The predicted octanol–water partition coefficient (Wildman–Crippen LogP) is 4.51. The first kappa shape index (κ1) is 21.0. The molecule has 0 amide bonds. The molecule has 0 bridgehead atoms. The smallest absolute Gasteiger partial charge is 0.335 e. The number of rotatable bonds is 5. The standard InChI is InChI=1S/C23H24N2O3.ClH/c1-15(19-9-5-7-16-6-3-4-8-20(16)19)24-13-18-14-25(2)21-11-10-17(23(26)27)12-22(21)28-18;/h3-12,15,18,24H,13-14H2,1-2H3,(H,26,27);1H/t15-,18?;/m1./s1. The van der Waals surface area contributed by atoms with Crippen LogP contribution in [0.1, 0.15) is 28.9 Å². The van der Waals surface area contributed by atoms with E-state index in [0.717, 1.165) is 12.2 Å². The van der Waals surface area contributed by atoms with Crippen LogP contribution >= 0.6 is 12.4 Å². The maximum absolute atomic E-state index is 11.2. The summed E-state index contributed by atoms with van der Waals surface area (Å²) < 4.78 is 6.10. The van der Waals surface area contributed by atoms with Gasteiger partial charge in [-0.1, -0.05) is 42.5 Å². The van der Waals surface area contributed by atoms with E-state index < -0.39 is 5.97 Å². The summed E-state index contributed by atoms with van der Waals surface area (Å²) in [6.45, 7) is 3.57. The van der Waals surface area contributed by atoms with Gasteiger partial charge in [0.15, 0.2) is 0 Å². The molecule has 2 N–H and O–H groups in total. The van der Waals surface area contributed by atoms with Gasteiger partial charge < -0.3 is 20.1 Å². The Kier molecular flexibility index (Phi) is 6.30. The number of carboxylic acid groups (broad SMARTS) is 1. The zero-order chi connectivity index (χ0) is 19.7. The second-order valence-electron chi connectivity index (χ2n) is 7.31. The SMILES string of the molecule is C[C@@H](NCC1CN(C)c2ccc(C(=O)O)cc2O1)c1cccc2ccccc12.Cl. The number of benzene rings is 3. The predicted molar refractivity (Wildman–Crippen MR) is 119 cm³/mol. The molecule has 0 aliphatic carbocycles. The molecule has 29 heavy (non-hydrogen) atoms. The van der Waals surface area contributed by atoms with E-state index >= 15 is 0 Å². The van der Waals surface area contributed by atoms with Crippen LogP contribution in [-0.4, -0.2) is 37.3 Å². The van der Waals surface area contributed by atoms with Gasteiger partial charge in [0.05, 0.1) is 17.8 Å². The van der Waals surface area contributed by atoms with Gasteiger partial charge in [-0.25, -0.2) is 4.79 Å². The van der Waals surface area contributed by atoms with Gasteiger partial charge in [0.25, 0.3) is 0 Å². The number of nitrogens with one attached hydrogen (secondary N) is 1. The molecule has 6 heteroatoms. The molecular formula is C23H25ClN2O3. The average molecular weight is 413 g/mol. The van der Waals surface area contributed by atoms with E-state index in [1.807, 2.05) is 7.05 Å².